The average Bonchev–Trinajstić information content (AvgIpc) is 1.51. The minimum absolute atomic E-state index is 0. The summed E-state index contributed by atoms with van der Waals surface area (Å²) in [5.74, 6) is 0.993. The molecule has 0 fully saturated rings. The summed E-state index contributed by atoms with van der Waals surface area (Å²) >= 11 is 0. The fourth-order valence-electron chi connectivity index (χ4n) is 10.6. The number of fused-ring (bicyclic) bond motifs is 8. The molecule has 0 saturated carbocycles. The Bertz CT molecular complexity index is 4660. The molecule has 3 aromatic heterocycles. The Hall–Kier alpha value is -7.91. The first-order valence-electron chi connectivity index (χ1n) is 30.7. The molecule has 4 heterocycles. The van der Waals surface area contributed by atoms with Gasteiger partial charge in [-0.25, -0.2) is 9.83 Å². The second kappa shape index (κ2) is 20.0. The molecular formula is C72H66N5O2Pt-3. The number of para-hydroxylation sites is 3. The molecule has 8 aromatic carbocycles. The van der Waals surface area contributed by atoms with E-state index in [1.54, 1.807) is 12.1 Å². The van der Waals surface area contributed by atoms with Crippen molar-refractivity contribution in [3.63, 3.8) is 0 Å². The molecule has 0 aliphatic carbocycles. The molecule has 11 aromatic rings. The van der Waals surface area contributed by atoms with Crippen LogP contribution in [0.4, 0.5) is 28.4 Å². The quantitative estimate of drug-likeness (QED) is 0.142. The number of benzene rings is 8. The largest absolute Gasteiger partial charge is 0.509 e. The summed E-state index contributed by atoms with van der Waals surface area (Å²) in [7, 11) is 0. The topological polar surface area (TPSA) is 51.0 Å². The minimum atomic E-state index is -1.84. The zero-order valence-corrected chi connectivity index (χ0v) is 49.3. The van der Waals surface area contributed by atoms with E-state index in [0.717, 1.165) is 60.7 Å². The van der Waals surface area contributed by atoms with Crippen LogP contribution < -0.4 is 14.5 Å². The summed E-state index contributed by atoms with van der Waals surface area (Å²) in [6.07, 6.45) is -1.95. The van der Waals surface area contributed by atoms with Crippen molar-refractivity contribution < 1.29 is 41.2 Å². The number of rotatable bonds is 8. The second-order valence-corrected chi connectivity index (χ2v) is 24.7. The summed E-state index contributed by atoms with van der Waals surface area (Å²) in [6, 6.07) is 46.0. The van der Waals surface area contributed by atoms with E-state index in [1.807, 2.05) is 122 Å². The van der Waals surface area contributed by atoms with E-state index in [2.05, 4.69) is 108 Å². The third kappa shape index (κ3) is 9.87. The normalized spacial score (nSPS) is 14.7. The first-order chi connectivity index (χ1) is 40.8. The molecule has 0 saturated heterocycles. The number of anilines is 4. The van der Waals surface area contributed by atoms with Gasteiger partial charge in [-0.05, 0) is 115 Å². The van der Waals surface area contributed by atoms with Crippen LogP contribution in [-0.4, -0.2) is 9.55 Å². The van der Waals surface area contributed by atoms with Crippen molar-refractivity contribution in [3.8, 4) is 39.6 Å². The van der Waals surface area contributed by atoms with Crippen LogP contribution in [0, 0.1) is 30.8 Å². The number of nitrogens with zero attached hydrogens (tertiary/aromatic N) is 5. The molecule has 8 heteroatoms. The van der Waals surface area contributed by atoms with E-state index in [9.17, 15) is 5.48 Å². The van der Waals surface area contributed by atoms with E-state index >= 15 is 0 Å². The second-order valence-electron chi connectivity index (χ2n) is 24.7. The Labute approximate surface area is 497 Å². The Morgan fingerprint density at radius 1 is 0.637 bits per heavy atom. The van der Waals surface area contributed by atoms with Crippen LogP contribution in [-0.2, 0) is 43.7 Å². The molecule has 1 aliphatic heterocycles. The smallest absolute Gasteiger partial charge is 0.229 e. The molecule has 1 aliphatic rings. The fourth-order valence-corrected chi connectivity index (χ4v) is 10.6. The van der Waals surface area contributed by atoms with Gasteiger partial charge in [-0.1, -0.05) is 173 Å². The van der Waals surface area contributed by atoms with Crippen LogP contribution in [0.3, 0.4) is 0 Å². The van der Waals surface area contributed by atoms with E-state index in [4.69, 9.17) is 26.2 Å². The maximum atomic E-state index is 9.49. The average molecular weight is 1240 g/mol. The molecule has 80 heavy (non-hydrogen) atoms. The summed E-state index contributed by atoms with van der Waals surface area (Å²) in [6.45, 7) is 34.9. The minimum Gasteiger partial charge on any atom is -0.509 e. The SMILES string of the molecule is [2H]c1cc(C([2H])([2H])C(C)(C)C)cc(-n2c3[c-]c(Oc4[c-]c(N5[CH-]N(c6c(-c7cc(C(C)(C)C)cc(C(C)(C)C)c7)cc(C(C)(C)C)cc6-c6c([2H])c([2H])c([2H])c([2H])c6[2H])c6ccccc65)ccc4)ccc3c3c4oc5c([N+]#[C-])cccc5c4ccc32)n1.[Pt]. The fraction of sp³-hybridized carbons (Fsp3) is 0.236. The zero-order chi connectivity index (χ0) is 62.4. The van der Waals surface area contributed by atoms with Gasteiger partial charge in [0.15, 0.2) is 0 Å². The molecule has 0 amide bonds. The number of hydrogen-bond acceptors (Lipinski definition) is 5. The summed E-state index contributed by atoms with van der Waals surface area (Å²) < 4.78 is 88.2. The van der Waals surface area contributed by atoms with Crippen LogP contribution in [0.5, 0.6) is 11.5 Å². The summed E-state index contributed by atoms with van der Waals surface area (Å²) in [4.78, 5) is 12.5. The van der Waals surface area contributed by atoms with Crippen LogP contribution in [0.25, 0.3) is 76.7 Å². The molecule has 0 bridgehead atoms. The molecule has 7 nitrogen and oxygen atoms in total. The van der Waals surface area contributed by atoms with Crippen molar-refractivity contribution in [3.05, 3.63) is 216 Å². The van der Waals surface area contributed by atoms with Gasteiger partial charge in [-0.15, -0.1) is 42.7 Å². The van der Waals surface area contributed by atoms with Crippen molar-refractivity contribution in [2.24, 2.45) is 5.41 Å². The Morgan fingerprint density at radius 3 is 1.94 bits per heavy atom. The van der Waals surface area contributed by atoms with Gasteiger partial charge >= 0.3 is 0 Å². The first-order valence-corrected chi connectivity index (χ1v) is 26.7. The van der Waals surface area contributed by atoms with Crippen molar-refractivity contribution in [2.75, 3.05) is 9.80 Å². The van der Waals surface area contributed by atoms with E-state index in [-0.39, 0.29) is 55.7 Å². The maximum absolute atomic E-state index is 9.49. The Kier molecular flexibility index (Phi) is 11.2. The van der Waals surface area contributed by atoms with Gasteiger partial charge in [0.1, 0.15) is 17.0 Å². The molecule has 0 N–H and O–H groups in total. The molecule has 12 rings (SSSR count). The number of furan rings is 1. The Balaban J connectivity index is 0.00000800. The number of ether oxygens (including phenoxy) is 1. The number of hydrogen-bond donors (Lipinski definition) is 0. The molecule has 0 spiro atoms. The van der Waals surface area contributed by atoms with Gasteiger partial charge in [0.05, 0.1) is 14.8 Å². The zero-order valence-electron chi connectivity index (χ0n) is 55.1. The summed E-state index contributed by atoms with van der Waals surface area (Å²) in [5.41, 5.74) is 9.48. The molecule has 0 unspecified atom stereocenters. The van der Waals surface area contributed by atoms with Gasteiger partial charge in [0, 0.05) is 86.0 Å². The van der Waals surface area contributed by atoms with Crippen LogP contribution in [0.1, 0.15) is 116 Å². The third-order valence-corrected chi connectivity index (χ3v) is 14.6. The van der Waals surface area contributed by atoms with Gasteiger partial charge in [0.2, 0.25) is 5.69 Å². The van der Waals surface area contributed by atoms with Gasteiger partial charge in [-0.2, -0.15) is 12.1 Å². The van der Waals surface area contributed by atoms with E-state index in [0.29, 0.717) is 67.7 Å². The van der Waals surface area contributed by atoms with Crippen molar-refractivity contribution >= 4 is 72.2 Å². The van der Waals surface area contributed by atoms with E-state index < -0.39 is 35.3 Å². The predicted octanol–water partition coefficient (Wildman–Crippen LogP) is 20.2. The third-order valence-electron chi connectivity index (χ3n) is 14.6. The molecular weight excluding hydrogens is 1160 g/mol. The predicted molar refractivity (Wildman–Crippen MR) is 328 cm³/mol. The molecule has 0 atom stereocenters. The van der Waals surface area contributed by atoms with Crippen molar-refractivity contribution in [2.45, 2.75) is 106 Å². The van der Waals surface area contributed by atoms with Crippen molar-refractivity contribution in [1.82, 2.24) is 9.55 Å². The summed E-state index contributed by atoms with van der Waals surface area (Å²) in [5, 5.41) is 3.05. The first kappa shape index (κ1) is 44.9. The van der Waals surface area contributed by atoms with Gasteiger partial charge in [-0.3, -0.25) is 0 Å². The molecule has 0 radical (unpaired) electrons. The number of aromatic nitrogens is 2. The van der Waals surface area contributed by atoms with Crippen LogP contribution in [0.15, 0.2) is 168 Å². The Morgan fingerprint density at radius 2 is 1.26 bits per heavy atom. The van der Waals surface area contributed by atoms with Crippen LogP contribution >= 0.6 is 0 Å². The number of pyridine rings is 1. The maximum Gasteiger partial charge on any atom is 0.229 e. The monoisotopic (exact) mass is 1240 g/mol. The van der Waals surface area contributed by atoms with Crippen molar-refractivity contribution in [1.29, 1.82) is 0 Å². The van der Waals surface area contributed by atoms with Gasteiger partial charge < -0.3 is 23.5 Å². The van der Waals surface area contributed by atoms with Crippen LogP contribution in [0.2, 0.25) is 0 Å². The standard InChI is InChI=1S/C72H66N5O2.Pt/c1-69(2,3)43-45-33-34-74-64(35-45)77-62-32-31-55-54-25-20-26-59(73-13)67(54)79-68(55)65(62)56-30-29-53(42-63(56)77)78-52-24-19-23-51(41-52)75-44-76(61-28-18-17-27-60(61)75)66-57(46-21-15-14-16-22-46)39-50(72(10,11)12)40-58(66)47-36-48(70(4,5)6)38-49(37-47)71(7,8)9;/h14-40,44H,43H2,1-12H3;/q-3;/i14D,15D,16D,21D,22D,34D,43D2;. The molecule has 404 valence electrons. The van der Waals surface area contributed by atoms with E-state index in [1.165, 1.54) is 6.07 Å². The van der Waals surface area contributed by atoms with Gasteiger partial charge in [0.25, 0.3) is 0 Å².